The molecule has 3 rings (SSSR count). The molecule has 0 aromatic heterocycles. The van der Waals surface area contributed by atoms with Crippen LogP contribution in [-0.4, -0.2) is 74.7 Å². The standard InChI is InChI=1S/C38H50N4O7S/c1-24(49-36(3,4)5)31(35(47)48)42-33(45)29(23-30(39)44)41-34(46)32(40-25(2)43)37(6,7)50-38(26-17-11-8-12-18-26,27-19-13-9-14-20-27)28-21-15-10-16-22-28/h8-22,24-25,29,31-32,40,43H,23H2,1-7H3,(H2,39,44)(H,41,46)(H,42,45)(H,47,48)/t24?,25?,29-,31-,32+/m0/s1. The van der Waals surface area contributed by atoms with Crippen LogP contribution in [0.25, 0.3) is 0 Å². The van der Waals surface area contributed by atoms with Crippen LogP contribution in [0.3, 0.4) is 0 Å². The van der Waals surface area contributed by atoms with E-state index in [1.807, 2.05) is 105 Å². The molecule has 0 heterocycles. The molecule has 0 bridgehead atoms. The van der Waals surface area contributed by atoms with E-state index in [0.717, 1.165) is 16.7 Å². The van der Waals surface area contributed by atoms with Crippen molar-refractivity contribution in [3.8, 4) is 0 Å². The van der Waals surface area contributed by atoms with Gasteiger partial charge in [-0.1, -0.05) is 91.0 Å². The van der Waals surface area contributed by atoms with Crippen molar-refractivity contribution in [3.05, 3.63) is 108 Å². The summed E-state index contributed by atoms with van der Waals surface area (Å²) in [5, 5.41) is 28.5. The summed E-state index contributed by atoms with van der Waals surface area (Å²) in [5.41, 5.74) is 7.62. The zero-order valence-electron chi connectivity index (χ0n) is 29.7. The Hall–Kier alpha value is -4.23. The third-order valence-electron chi connectivity index (χ3n) is 7.93. The van der Waals surface area contributed by atoms with E-state index in [4.69, 9.17) is 10.5 Å². The summed E-state index contributed by atoms with van der Waals surface area (Å²) in [6, 6.07) is 25.5. The Kier molecular flexibility index (Phi) is 13.8. The highest BCUT2D eigenvalue weighted by atomic mass is 32.2. The Balaban J connectivity index is 2.07. The first kappa shape index (κ1) is 40.2. The highest BCUT2D eigenvalue weighted by Crippen LogP contribution is 2.54. The van der Waals surface area contributed by atoms with Gasteiger partial charge in [-0.3, -0.25) is 19.7 Å². The van der Waals surface area contributed by atoms with Crippen molar-refractivity contribution < 1.29 is 34.1 Å². The van der Waals surface area contributed by atoms with Gasteiger partial charge in [0.1, 0.15) is 18.3 Å². The fourth-order valence-corrected chi connectivity index (χ4v) is 7.75. The second kappa shape index (κ2) is 17.1. The van der Waals surface area contributed by atoms with E-state index in [1.54, 1.807) is 20.8 Å². The first-order valence-electron chi connectivity index (χ1n) is 16.5. The molecule has 0 saturated heterocycles. The van der Waals surface area contributed by atoms with E-state index in [2.05, 4.69) is 16.0 Å². The largest absolute Gasteiger partial charge is 0.480 e. The molecule has 12 heteroatoms. The van der Waals surface area contributed by atoms with Gasteiger partial charge in [-0.2, -0.15) is 0 Å². The van der Waals surface area contributed by atoms with Gasteiger partial charge in [0.15, 0.2) is 6.04 Å². The van der Waals surface area contributed by atoms with Gasteiger partial charge in [0, 0.05) is 4.75 Å². The molecular formula is C38H50N4O7S. The minimum atomic E-state index is -1.52. The number of carbonyl (C=O) groups excluding carboxylic acids is 3. The summed E-state index contributed by atoms with van der Waals surface area (Å²) in [7, 11) is 0. The number of hydrogen-bond acceptors (Lipinski definition) is 8. The van der Waals surface area contributed by atoms with Gasteiger partial charge in [0.2, 0.25) is 17.7 Å². The third-order valence-corrected chi connectivity index (χ3v) is 9.71. The summed E-state index contributed by atoms with van der Waals surface area (Å²) in [4.78, 5) is 52.1. The predicted octanol–water partition coefficient (Wildman–Crippen LogP) is 3.92. The molecule has 3 aromatic carbocycles. The molecule has 7 N–H and O–H groups in total. The normalized spacial score (nSPS) is 15.2. The van der Waals surface area contributed by atoms with Gasteiger partial charge < -0.3 is 31.3 Å². The number of ether oxygens (including phenoxy) is 1. The smallest absolute Gasteiger partial charge is 0.328 e. The minimum absolute atomic E-state index is 0.602. The van der Waals surface area contributed by atoms with E-state index >= 15 is 0 Å². The SMILES string of the molecule is CC(O)N[C@H](C(=O)N[C@@H](CC(N)=O)C(=O)N[C@H](C(=O)O)C(C)OC(C)(C)C)C(C)(C)SC(c1ccccc1)(c1ccccc1)c1ccccc1. The van der Waals surface area contributed by atoms with Crippen LogP contribution in [-0.2, 0) is 28.7 Å². The van der Waals surface area contributed by atoms with Crippen molar-refractivity contribution in [2.45, 2.75) is 100 Å². The lowest BCUT2D eigenvalue weighted by Gasteiger charge is -2.44. The van der Waals surface area contributed by atoms with Gasteiger partial charge in [-0.25, -0.2) is 4.79 Å². The highest BCUT2D eigenvalue weighted by molar-refractivity contribution is 8.02. The quantitative estimate of drug-likeness (QED) is 0.0896. The topological polar surface area (TPSA) is 180 Å². The van der Waals surface area contributed by atoms with Crippen LogP contribution in [0.4, 0.5) is 0 Å². The number of aliphatic hydroxyl groups is 1. The summed E-state index contributed by atoms with van der Waals surface area (Å²) >= 11 is 1.48. The van der Waals surface area contributed by atoms with Gasteiger partial charge in [-0.05, 0) is 65.2 Å². The average Bonchev–Trinajstić information content (AvgIpc) is 3.04. The Labute approximate surface area is 298 Å². The lowest BCUT2D eigenvalue weighted by atomic mass is 9.84. The minimum Gasteiger partial charge on any atom is -0.480 e. The summed E-state index contributed by atoms with van der Waals surface area (Å²) in [5.74, 6) is -3.88. The van der Waals surface area contributed by atoms with Crippen LogP contribution < -0.4 is 21.7 Å². The highest BCUT2D eigenvalue weighted by Gasteiger charge is 2.47. The lowest BCUT2D eigenvalue weighted by Crippen LogP contribution is -2.62. The number of thioether (sulfide) groups is 1. The van der Waals surface area contributed by atoms with Crippen LogP contribution >= 0.6 is 11.8 Å². The number of rotatable bonds is 17. The Bertz CT molecular complexity index is 1480. The molecule has 3 aromatic rings. The number of nitrogens with two attached hydrogens (primary N) is 1. The van der Waals surface area contributed by atoms with Crippen LogP contribution in [0.15, 0.2) is 91.0 Å². The van der Waals surface area contributed by atoms with E-state index < -0.39 is 75.7 Å². The second-order valence-corrected chi connectivity index (χ2v) is 15.6. The maximum Gasteiger partial charge on any atom is 0.328 e. The summed E-state index contributed by atoms with van der Waals surface area (Å²) in [6.45, 7) is 11.9. The van der Waals surface area contributed by atoms with Crippen LogP contribution in [0.1, 0.15) is 71.6 Å². The molecule has 0 aliphatic rings. The molecule has 0 saturated carbocycles. The van der Waals surface area contributed by atoms with Gasteiger partial charge in [-0.15, -0.1) is 11.8 Å². The number of benzene rings is 3. The molecule has 0 radical (unpaired) electrons. The molecule has 2 unspecified atom stereocenters. The third kappa shape index (κ3) is 10.6. The van der Waals surface area contributed by atoms with E-state index in [9.17, 15) is 29.4 Å². The van der Waals surface area contributed by atoms with E-state index in [1.165, 1.54) is 25.6 Å². The van der Waals surface area contributed by atoms with Crippen molar-refractivity contribution in [2.75, 3.05) is 0 Å². The molecule has 0 aliphatic heterocycles. The zero-order valence-corrected chi connectivity index (χ0v) is 30.5. The molecule has 0 fully saturated rings. The first-order valence-corrected chi connectivity index (χ1v) is 17.3. The Morgan fingerprint density at radius 3 is 1.56 bits per heavy atom. The number of aliphatic carboxylic acids is 1. The fraction of sp³-hybridized carbons (Fsp3) is 0.421. The predicted molar refractivity (Wildman–Crippen MR) is 195 cm³/mol. The van der Waals surface area contributed by atoms with Crippen LogP contribution in [0.5, 0.6) is 0 Å². The van der Waals surface area contributed by atoms with Crippen molar-refractivity contribution in [2.24, 2.45) is 5.73 Å². The molecule has 0 spiro atoms. The molecule has 3 amide bonds. The maximum atomic E-state index is 14.3. The van der Waals surface area contributed by atoms with Crippen LogP contribution in [0, 0.1) is 0 Å². The number of amides is 3. The molecule has 5 atom stereocenters. The number of carboxylic acids is 1. The van der Waals surface area contributed by atoms with Gasteiger partial charge in [0.05, 0.1) is 22.9 Å². The van der Waals surface area contributed by atoms with Gasteiger partial charge >= 0.3 is 5.97 Å². The van der Waals surface area contributed by atoms with Crippen LogP contribution in [0.2, 0.25) is 0 Å². The number of primary amides is 1. The van der Waals surface area contributed by atoms with Gasteiger partial charge in [0.25, 0.3) is 0 Å². The molecule has 270 valence electrons. The number of hydrogen-bond donors (Lipinski definition) is 6. The van der Waals surface area contributed by atoms with Crippen molar-refractivity contribution in [1.82, 2.24) is 16.0 Å². The Morgan fingerprint density at radius 2 is 1.20 bits per heavy atom. The summed E-state index contributed by atoms with van der Waals surface area (Å²) in [6.07, 6.45) is -2.71. The molecule has 50 heavy (non-hydrogen) atoms. The summed E-state index contributed by atoms with van der Waals surface area (Å²) < 4.78 is 3.89. The number of aliphatic hydroxyl groups excluding tert-OH is 1. The maximum absolute atomic E-state index is 14.3. The number of carbonyl (C=O) groups is 4. The second-order valence-electron chi connectivity index (χ2n) is 13.8. The van der Waals surface area contributed by atoms with E-state index in [-0.39, 0.29) is 0 Å². The number of carboxylic acid groups (broad SMARTS) is 1. The first-order chi connectivity index (χ1) is 23.4. The molecule has 0 aliphatic carbocycles. The number of nitrogens with one attached hydrogen (secondary N) is 3. The molecular weight excluding hydrogens is 657 g/mol. The fourth-order valence-electron chi connectivity index (χ4n) is 5.91. The molecule has 11 nitrogen and oxygen atoms in total. The average molecular weight is 707 g/mol. The van der Waals surface area contributed by atoms with Crippen molar-refractivity contribution >= 4 is 35.5 Å². The Morgan fingerprint density at radius 1 is 0.760 bits per heavy atom. The monoisotopic (exact) mass is 706 g/mol. The van der Waals surface area contributed by atoms with Crippen molar-refractivity contribution in [1.29, 1.82) is 0 Å². The zero-order chi connectivity index (χ0) is 37.3. The van der Waals surface area contributed by atoms with E-state index in [0.29, 0.717) is 0 Å². The van der Waals surface area contributed by atoms with Crippen molar-refractivity contribution in [3.63, 3.8) is 0 Å². The lowest BCUT2D eigenvalue weighted by molar-refractivity contribution is -0.150.